The van der Waals surface area contributed by atoms with E-state index in [-0.39, 0.29) is 21.1 Å². The molecule has 0 aliphatic carbocycles. The van der Waals surface area contributed by atoms with Gasteiger partial charge in [-0.15, -0.1) is 11.3 Å². The van der Waals surface area contributed by atoms with E-state index < -0.39 is 17.8 Å². The molecular formula is C14H16N4O4S. The summed E-state index contributed by atoms with van der Waals surface area (Å²) in [5.74, 6) is -1.81. The normalized spacial score (nSPS) is 10.4. The molecule has 2 heterocycles. The molecule has 0 aromatic carbocycles. The number of nitrogens with two attached hydrogens (primary N) is 1. The van der Waals surface area contributed by atoms with Gasteiger partial charge in [-0.05, 0) is 25.5 Å². The van der Waals surface area contributed by atoms with Gasteiger partial charge >= 0.3 is 5.97 Å². The first-order valence-corrected chi connectivity index (χ1v) is 7.57. The highest BCUT2D eigenvalue weighted by Gasteiger charge is 2.25. The van der Waals surface area contributed by atoms with Crippen molar-refractivity contribution in [3.05, 3.63) is 34.0 Å². The summed E-state index contributed by atoms with van der Waals surface area (Å²) in [6.45, 7) is 4.10. The highest BCUT2D eigenvalue weighted by molar-refractivity contribution is 7.18. The first-order valence-electron chi connectivity index (χ1n) is 6.75. The SMILES string of the molecule is CCn1ccc(C(=O)Nc2sc(C(N)=O)c(C)c2C(=O)OC)n1. The molecule has 23 heavy (non-hydrogen) atoms. The molecule has 9 heteroatoms. The van der Waals surface area contributed by atoms with Crippen LogP contribution in [0.4, 0.5) is 5.00 Å². The topological polar surface area (TPSA) is 116 Å². The number of primary amides is 1. The first-order chi connectivity index (χ1) is 10.9. The lowest BCUT2D eigenvalue weighted by atomic mass is 10.1. The van der Waals surface area contributed by atoms with Crippen LogP contribution in [0.2, 0.25) is 0 Å². The van der Waals surface area contributed by atoms with Gasteiger partial charge in [0.05, 0.1) is 17.6 Å². The molecule has 0 saturated carbocycles. The fourth-order valence-electron chi connectivity index (χ4n) is 2.01. The summed E-state index contributed by atoms with van der Waals surface area (Å²) in [6, 6.07) is 1.56. The Morgan fingerprint density at radius 1 is 1.43 bits per heavy atom. The summed E-state index contributed by atoms with van der Waals surface area (Å²) in [5, 5.41) is 6.88. The number of aryl methyl sites for hydroxylation is 1. The molecule has 2 rings (SSSR count). The van der Waals surface area contributed by atoms with Crippen LogP contribution in [0.15, 0.2) is 12.3 Å². The monoisotopic (exact) mass is 336 g/mol. The van der Waals surface area contributed by atoms with E-state index in [1.165, 1.54) is 7.11 Å². The van der Waals surface area contributed by atoms with Gasteiger partial charge in [-0.25, -0.2) is 4.79 Å². The molecule has 2 amide bonds. The summed E-state index contributed by atoms with van der Waals surface area (Å²) >= 11 is 0.932. The number of ether oxygens (including phenoxy) is 1. The van der Waals surface area contributed by atoms with Crippen molar-refractivity contribution in [3.63, 3.8) is 0 Å². The standard InChI is InChI=1S/C14H16N4O4S/c1-4-18-6-5-8(17-18)12(20)16-13-9(14(21)22-3)7(2)10(23-13)11(15)19/h5-6H,4H2,1-3H3,(H2,15,19)(H,16,20). The number of methoxy groups -OCH3 is 1. The van der Waals surface area contributed by atoms with Crippen molar-refractivity contribution in [2.75, 3.05) is 12.4 Å². The third-order valence-corrected chi connectivity index (χ3v) is 4.41. The molecule has 0 spiro atoms. The summed E-state index contributed by atoms with van der Waals surface area (Å²) < 4.78 is 6.31. The number of carbonyl (C=O) groups excluding carboxylic acids is 3. The predicted molar refractivity (Wildman–Crippen MR) is 84.8 cm³/mol. The zero-order valence-electron chi connectivity index (χ0n) is 12.9. The van der Waals surface area contributed by atoms with Gasteiger partial charge in [0.15, 0.2) is 5.69 Å². The lowest BCUT2D eigenvalue weighted by Gasteiger charge is -2.04. The number of nitrogens with zero attached hydrogens (tertiary/aromatic N) is 2. The largest absolute Gasteiger partial charge is 0.465 e. The molecule has 8 nitrogen and oxygen atoms in total. The van der Waals surface area contributed by atoms with Crippen LogP contribution in [-0.4, -0.2) is 34.7 Å². The maximum absolute atomic E-state index is 12.2. The zero-order valence-corrected chi connectivity index (χ0v) is 13.7. The molecule has 0 radical (unpaired) electrons. The second kappa shape index (κ2) is 6.61. The van der Waals surface area contributed by atoms with Gasteiger partial charge in [0.25, 0.3) is 11.8 Å². The lowest BCUT2D eigenvalue weighted by molar-refractivity contribution is 0.0601. The van der Waals surface area contributed by atoms with Gasteiger partial charge in [0, 0.05) is 12.7 Å². The second-order valence-electron chi connectivity index (χ2n) is 4.63. The molecule has 0 aliphatic rings. The molecule has 2 aromatic rings. The number of esters is 1. The van der Waals surface area contributed by atoms with E-state index in [2.05, 4.69) is 10.4 Å². The molecule has 0 fully saturated rings. The van der Waals surface area contributed by atoms with E-state index in [1.807, 2.05) is 6.92 Å². The van der Waals surface area contributed by atoms with Gasteiger partial charge < -0.3 is 15.8 Å². The number of nitrogens with one attached hydrogen (secondary N) is 1. The Morgan fingerprint density at radius 2 is 2.13 bits per heavy atom. The van der Waals surface area contributed by atoms with Crippen molar-refractivity contribution >= 4 is 34.1 Å². The van der Waals surface area contributed by atoms with Crippen molar-refractivity contribution in [1.29, 1.82) is 0 Å². The van der Waals surface area contributed by atoms with E-state index in [1.54, 1.807) is 23.9 Å². The summed E-state index contributed by atoms with van der Waals surface area (Å²) in [6.07, 6.45) is 1.67. The van der Waals surface area contributed by atoms with Crippen LogP contribution in [0.3, 0.4) is 0 Å². The number of hydrogen-bond donors (Lipinski definition) is 2. The van der Waals surface area contributed by atoms with Crippen molar-refractivity contribution in [2.24, 2.45) is 5.73 Å². The van der Waals surface area contributed by atoms with Crippen molar-refractivity contribution < 1.29 is 19.1 Å². The second-order valence-corrected chi connectivity index (χ2v) is 5.65. The maximum Gasteiger partial charge on any atom is 0.341 e. The highest BCUT2D eigenvalue weighted by atomic mass is 32.1. The quantitative estimate of drug-likeness (QED) is 0.801. The Bertz CT molecular complexity index is 778. The van der Waals surface area contributed by atoms with Crippen LogP contribution < -0.4 is 11.1 Å². The average molecular weight is 336 g/mol. The predicted octanol–water partition coefficient (Wildman–Crippen LogP) is 1.41. The van der Waals surface area contributed by atoms with Crippen LogP contribution in [0.25, 0.3) is 0 Å². The Hall–Kier alpha value is -2.68. The highest BCUT2D eigenvalue weighted by Crippen LogP contribution is 2.33. The Kier molecular flexibility index (Phi) is 4.80. The van der Waals surface area contributed by atoms with E-state index >= 15 is 0 Å². The van der Waals surface area contributed by atoms with Crippen LogP contribution >= 0.6 is 11.3 Å². The number of aromatic nitrogens is 2. The number of thiophene rings is 1. The number of rotatable bonds is 5. The molecule has 122 valence electrons. The van der Waals surface area contributed by atoms with Gasteiger partial charge in [0.1, 0.15) is 5.00 Å². The zero-order chi connectivity index (χ0) is 17.1. The molecule has 2 aromatic heterocycles. The number of hydrogen-bond acceptors (Lipinski definition) is 6. The Balaban J connectivity index is 2.38. The smallest absolute Gasteiger partial charge is 0.341 e. The lowest BCUT2D eigenvalue weighted by Crippen LogP contribution is -2.15. The Morgan fingerprint density at radius 3 is 2.65 bits per heavy atom. The molecule has 0 aliphatic heterocycles. The first kappa shape index (κ1) is 16.7. The van der Waals surface area contributed by atoms with Gasteiger partial charge in [-0.1, -0.05) is 0 Å². The minimum Gasteiger partial charge on any atom is -0.465 e. The summed E-state index contributed by atoms with van der Waals surface area (Å²) in [5.41, 5.74) is 5.99. The summed E-state index contributed by atoms with van der Waals surface area (Å²) in [7, 11) is 1.22. The maximum atomic E-state index is 12.2. The van der Waals surface area contributed by atoms with Crippen molar-refractivity contribution in [2.45, 2.75) is 20.4 Å². The van der Waals surface area contributed by atoms with E-state index in [0.29, 0.717) is 12.1 Å². The minimum absolute atomic E-state index is 0.120. The van der Waals surface area contributed by atoms with Crippen molar-refractivity contribution in [3.8, 4) is 0 Å². The third kappa shape index (κ3) is 3.24. The van der Waals surface area contributed by atoms with Crippen LogP contribution in [0.1, 0.15) is 43.0 Å². The number of amides is 2. The third-order valence-electron chi connectivity index (χ3n) is 3.18. The number of anilines is 1. The van der Waals surface area contributed by atoms with E-state index in [0.717, 1.165) is 11.3 Å². The van der Waals surface area contributed by atoms with Gasteiger partial charge in [-0.2, -0.15) is 5.10 Å². The summed E-state index contributed by atoms with van der Waals surface area (Å²) in [4.78, 5) is 35.8. The molecule has 0 unspecified atom stereocenters. The fraction of sp³-hybridized carbons (Fsp3) is 0.286. The van der Waals surface area contributed by atoms with Crippen LogP contribution in [0, 0.1) is 6.92 Å². The molecule has 0 bridgehead atoms. The van der Waals surface area contributed by atoms with Crippen molar-refractivity contribution in [1.82, 2.24) is 9.78 Å². The average Bonchev–Trinajstić information content (AvgIpc) is 3.11. The van der Waals surface area contributed by atoms with Gasteiger partial charge in [0.2, 0.25) is 0 Å². The van der Waals surface area contributed by atoms with Crippen LogP contribution in [0.5, 0.6) is 0 Å². The van der Waals surface area contributed by atoms with E-state index in [4.69, 9.17) is 10.5 Å². The van der Waals surface area contributed by atoms with Gasteiger partial charge in [-0.3, -0.25) is 14.3 Å². The van der Waals surface area contributed by atoms with Crippen LogP contribution in [-0.2, 0) is 11.3 Å². The fourth-order valence-corrected chi connectivity index (χ4v) is 3.05. The molecule has 0 atom stereocenters. The minimum atomic E-state index is -0.673. The van der Waals surface area contributed by atoms with E-state index in [9.17, 15) is 14.4 Å². The number of carbonyl (C=O) groups is 3. The molecule has 0 saturated heterocycles. The molecule has 3 N–H and O–H groups in total. The Labute approximate surface area is 136 Å². The molecular weight excluding hydrogens is 320 g/mol.